The topological polar surface area (TPSA) is 204 Å². The van der Waals surface area contributed by atoms with E-state index in [-0.39, 0.29) is 86.4 Å². The summed E-state index contributed by atoms with van der Waals surface area (Å²) < 4.78 is 2.56. The van der Waals surface area contributed by atoms with Gasteiger partial charge in [0, 0.05) is 22.9 Å². The number of H-pyrrole nitrogens is 2. The van der Waals surface area contributed by atoms with Crippen molar-refractivity contribution in [3.63, 3.8) is 0 Å². The van der Waals surface area contributed by atoms with Crippen molar-refractivity contribution in [2.24, 2.45) is 15.3 Å². The van der Waals surface area contributed by atoms with Gasteiger partial charge in [-0.15, -0.1) is 10.2 Å². The fourth-order valence-corrected chi connectivity index (χ4v) is 5.09. The number of aryl methyl sites for hydroxylation is 2. The molecule has 6 aromatic rings. The second-order valence-electron chi connectivity index (χ2n) is 10.4. The Balaban J connectivity index is 0.000000270. The number of aromatic carboxylic acids is 2. The zero-order chi connectivity index (χ0) is 35.9. The molecule has 4 N–H and O–H groups in total. The van der Waals surface area contributed by atoms with Gasteiger partial charge in [-0.1, -0.05) is 82.9 Å². The molecule has 0 bridgehead atoms. The normalized spacial score (nSPS) is 10.7. The summed E-state index contributed by atoms with van der Waals surface area (Å²) in [7, 11) is 0. The number of azo groups is 2. The third-order valence-corrected chi connectivity index (χ3v) is 7.74. The Hall–Kier alpha value is -4.85. The van der Waals surface area contributed by atoms with Crippen LogP contribution in [-0.4, -0.2) is 36.6 Å². The second kappa shape index (κ2) is 18.6. The molecule has 0 fully saturated rings. The monoisotopic (exact) mass is 787 g/mol. The van der Waals surface area contributed by atoms with Gasteiger partial charge in [-0.3, -0.25) is 19.8 Å². The number of benzene rings is 4. The molecule has 0 spiro atoms. The average Bonchev–Trinajstić information content (AvgIpc) is 3.55. The van der Waals surface area contributed by atoms with Crippen LogP contribution < -0.4 is 50.9 Å². The number of hydrogen-bond acceptors (Lipinski definition) is 8. The van der Waals surface area contributed by atoms with Crippen LogP contribution in [0.3, 0.4) is 0 Å². The van der Waals surface area contributed by atoms with Gasteiger partial charge in [0.25, 0.3) is 5.56 Å². The first-order valence-corrected chi connectivity index (χ1v) is 15.4. The summed E-state index contributed by atoms with van der Waals surface area (Å²) in [6.45, 7) is 3.36. The smallest absolute Gasteiger partial charge is 0.545 e. The summed E-state index contributed by atoms with van der Waals surface area (Å²) in [4.78, 5) is 47.5. The van der Waals surface area contributed by atoms with Crippen molar-refractivity contribution in [2.75, 3.05) is 0 Å². The summed E-state index contributed by atoms with van der Waals surface area (Å²) in [5.41, 5.74) is 1.72. The van der Waals surface area contributed by atoms with E-state index in [0.29, 0.717) is 32.8 Å². The number of nitrogens with zero attached hydrogens (tertiary/aromatic N) is 5. The van der Waals surface area contributed by atoms with Gasteiger partial charge in [0.05, 0.1) is 44.3 Å². The number of aromatic amines is 2. The van der Waals surface area contributed by atoms with Crippen LogP contribution in [0, 0.1) is 13.8 Å². The molecule has 0 aliphatic carbocycles. The number of para-hydroxylation sites is 3. The first-order chi connectivity index (χ1) is 24.0. The van der Waals surface area contributed by atoms with Crippen LogP contribution in [0.4, 0.5) is 22.7 Å². The van der Waals surface area contributed by atoms with Crippen molar-refractivity contribution < 1.29 is 71.8 Å². The summed E-state index contributed by atoms with van der Waals surface area (Å²) in [5, 5.41) is 41.4. The van der Waals surface area contributed by atoms with Crippen LogP contribution in [0.5, 0.6) is 0 Å². The van der Waals surface area contributed by atoms with Gasteiger partial charge < -0.3 is 15.0 Å². The van der Waals surface area contributed by atoms with Crippen molar-refractivity contribution in [3.8, 4) is 11.4 Å². The van der Waals surface area contributed by atoms with Gasteiger partial charge >= 0.3 is 46.8 Å². The van der Waals surface area contributed by atoms with E-state index in [0.717, 1.165) is 0 Å². The molecular weight excluding hydrogens is 762 g/mol. The third kappa shape index (κ3) is 9.33. The van der Waals surface area contributed by atoms with E-state index in [9.17, 15) is 29.4 Å². The van der Waals surface area contributed by atoms with Gasteiger partial charge in [-0.25, -0.2) is 14.2 Å². The second-order valence-corrected chi connectivity index (χ2v) is 11.2. The van der Waals surface area contributed by atoms with E-state index in [4.69, 9.17) is 23.2 Å². The summed E-state index contributed by atoms with van der Waals surface area (Å²) in [5.74, 6) is -2.46. The number of aromatic nitrogens is 4. The predicted molar refractivity (Wildman–Crippen MR) is 183 cm³/mol. The van der Waals surface area contributed by atoms with Crippen LogP contribution >= 0.6 is 23.2 Å². The SMILES string of the molecule is Cc1[nH]n(-c2ccccc2Cl)c(=O)c1N=Nc1ccccc1C(=O)[O-].Cc1[nH]n(-c2ccccc2Cl)c(=O)c1[NH+]=Nc1ccccc1C(=O)O.[Cr].[Na+]. The zero-order valence-electron chi connectivity index (χ0n) is 27.6. The molecule has 6 rings (SSSR count). The quantitative estimate of drug-likeness (QED) is 0.134. The Morgan fingerprint density at radius 2 is 1.19 bits per heavy atom. The molecule has 2 heterocycles. The maximum absolute atomic E-state index is 12.6. The Bertz CT molecular complexity index is 2250. The molecule has 0 aliphatic rings. The van der Waals surface area contributed by atoms with Gasteiger partial charge in [0.2, 0.25) is 0 Å². The molecule has 0 saturated heterocycles. The van der Waals surface area contributed by atoms with Crippen molar-refractivity contribution in [1.29, 1.82) is 0 Å². The standard InChI is InChI=1S/2C17H13ClN4O3.Cr.Na/c2*1-10-15(20-19-13-8-4-2-6-11(13)17(24)25)16(23)22(21-10)14-9-5-3-7-12(14)18;;/h2*2-9,21H,1H3,(H,24,25);;/q;;;+1. The minimum Gasteiger partial charge on any atom is -0.545 e. The van der Waals surface area contributed by atoms with E-state index in [2.05, 4.69) is 30.7 Å². The fraction of sp³-hybridized carbons (Fsp3) is 0.0588. The van der Waals surface area contributed by atoms with E-state index < -0.39 is 17.5 Å². The van der Waals surface area contributed by atoms with Crippen LogP contribution in [0.25, 0.3) is 11.4 Å². The van der Waals surface area contributed by atoms with E-state index >= 15 is 0 Å². The first kappa shape index (κ1) is 41.6. The van der Waals surface area contributed by atoms with Crippen molar-refractivity contribution in [2.45, 2.75) is 13.8 Å². The largest absolute Gasteiger partial charge is 1.00 e. The molecule has 0 radical (unpaired) electrons. The molecule has 18 heteroatoms. The van der Waals surface area contributed by atoms with E-state index in [1.807, 2.05) is 0 Å². The Labute approximate surface area is 337 Å². The molecule has 14 nitrogen and oxygen atoms in total. The maximum Gasteiger partial charge on any atom is 1.00 e. The molecule has 0 atom stereocenters. The zero-order valence-corrected chi connectivity index (χ0v) is 32.4. The van der Waals surface area contributed by atoms with Crippen molar-refractivity contribution in [3.05, 3.63) is 150 Å². The molecule has 4 aromatic carbocycles. The molecule has 0 unspecified atom stereocenters. The summed E-state index contributed by atoms with van der Waals surface area (Å²) in [6, 6.07) is 26.0. The summed E-state index contributed by atoms with van der Waals surface area (Å²) >= 11 is 12.2. The minimum absolute atomic E-state index is 0. The Kier molecular flexibility index (Phi) is 14.9. The first-order valence-electron chi connectivity index (χ1n) is 14.6. The number of rotatable bonds is 8. The summed E-state index contributed by atoms with van der Waals surface area (Å²) in [6.07, 6.45) is 0. The van der Waals surface area contributed by atoms with Gasteiger partial charge in [0.15, 0.2) is 5.69 Å². The Morgan fingerprint density at radius 3 is 1.75 bits per heavy atom. The maximum atomic E-state index is 12.6. The molecular formula is C34H26Cl2CrN8NaO6+. The number of halogens is 2. The van der Waals surface area contributed by atoms with Crippen LogP contribution in [0.1, 0.15) is 32.1 Å². The van der Waals surface area contributed by atoms with Gasteiger partial charge in [-0.2, -0.15) is 0 Å². The molecule has 52 heavy (non-hydrogen) atoms. The molecule has 258 valence electrons. The number of hydrogen-bond donors (Lipinski definition) is 4. The number of carboxylic acids is 2. The van der Waals surface area contributed by atoms with Gasteiger partial charge in [0.1, 0.15) is 11.4 Å². The number of nitrogens with one attached hydrogen (secondary N) is 3. The van der Waals surface area contributed by atoms with Gasteiger partial charge in [-0.05, 0) is 61.4 Å². The van der Waals surface area contributed by atoms with E-state index in [1.54, 1.807) is 92.7 Å². The number of carboxylic acid groups (broad SMARTS) is 2. The van der Waals surface area contributed by atoms with Crippen LogP contribution in [-0.2, 0) is 17.4 Å². The third-order valence-electron chi connectivity index (χ3n) is 7.10. The van der Waals surface area contributed by atoms with Crippen LogP contribution in [0.15, 0.2) is 122 Å². The average molecular weight is 789 g/mol. The van der Waals surface area contributed by atoms with Crippen LogP contribution in [0.2, 0.25) is 10.0 Å². The molecule has 0 saturated carbocycles. The Morgan fingerprint density at radius 1 is 0.712 bits per heavy atom. The van der Waals surface area contributed by atoms with Crippen molar-refractivity contribution >= 4 is 57.9 Å². The number of carbonyl (C=O) groups excluding carboxylic acids is 1. The predicted octanol–water partition coefficient (Wildman–Crippen LogP) is 2.23. The molecule has 0 aliphatic heterocycles. The van der Waals surface area contributed by atoms with E-state index in [1.165, 1.54) is 27.6 Å². The molecule has 2 aromatic heterocycles. The minimum atomic E-state index is -1.37. The fourth-order valence-electron chi connectivity index (χ4n) is 4.64. The number of carbonyl (C=O) groups is 2. The van der Waals surface area contributed by atoms with Crippen molar-refractivity contribution in [1.82, 2.24) is 19.6 Å². The molecule has 0 amide bonds.